The summed E-state index contributed by atoms with van der Waals surface area (Å²) in [4.78, 5) is 15.8. The second-order valence-electron chi connectivity index (χ2n) is 6.14. The molecular formula is C21H17N3O3. The molecule has 1 aliphatic heterocycles. The minimum absolute atomic E-state index is 0.00273. The maximum absolute atomic E-state index is 12.9. The third kappa shape index (κ3) is 2.61. The monoisotopic (exact) mass is 359 g/mol. The molecule has 1 aliphatic rings. The lowest BCUT2D eigenvalue weighted by Gasteiger charge is -2.27. The number of rotatable bonds is 3. The second-order valence-corrected chi connectivity index (χ2v) is 6.14. The number of aromatic nitrogens is 1. The summed E-state index contributed by atoms with van der Waals surface area (Å²) < 4.78 is 11.5. The van der Waals surface area contributed by atoms with Crippen molar-refractivity contribution in [2.75, 3.05) is 6.61 Å². The molecular weight excluding hydrogens is 342 g/mol. The fourth-order valence-corrected chi connectivity index (χ4v) is 3.49. The zero-order chi connectivity index (χ0) is 19.0. The van der Waals surface area contributed by atoms with Crippen molar-refractivity contribution in [3.8, 4) is 17.6 Å². The van der Waals surface area contributed by atoms with Gasteiger partial charge in [0.05, 0.1) is 23.6 Å². The Labute approximate surface area is 155 Å². The summed E-state index contributed by atoms with van der Waals surface area (Å²) in [5.41, 5.74) is 7.65. The van der Waals surface area contributed by atoms with Gasteiger partial charge in [0.1, 0.15) is 23.1 Å². The van der Waals surface area contributed by atoms with Crippen LogP contribution in [-0.2, 0) is 0 Å². The van der Waals surface area contributed by atoms with Crippen LogP contribution in [0, 0.1) is 11.3 Å². The SMILES string of the molecule is CCOc1ccccc1[C@H]1C(C#N)=C(N)Oc2c1c(=O)[nH]c1ccccc21. The third-order valence-electron chi connectivity index (χ3n) is 4.61. The van der Waals surface area contributed by atoms with Crippen LogP contribution in [-0.4, -0.2) is 11.6 Å². The fourth-order valence-electron chi connectivity index (χ4n) is 3.49. The van der Waals surface area contributed by atoms with Crippen molar-refractivity contribution in [2.45, 2.75) is 12.8 Å². The average molecular weight is 359 g/mol. The number of allylic oxidation sites excluding steroid dienone is 1. The van der Waals surface area contributed by atoms with E-state index >= 15 is 0 Å². The van der Waals surface area contributed by atoms with Crippen molar-refractivity contribution in [3.63, 3.8) is 0 Å². The van der Waals surface area contributed by atoms with Gasteiger partial charge in [-0.3, -0.25) is 4.79 Å². The fraction of sp³-hybridized carbons (Fsp3) is 0.143. The Kier molecular flexibility index (Phi) is 4.05. The van der Waals surface area contributed by atoms with Gasteiger partial charge in [0.15, 0.2) is 0 Å². The number of ether oxygens (including phenoxy) is 2. The van der Waals surface area contributed by atoms with Gasteiger partial charge in [-0.05, 0) is 25.1 Å². The van der Waals surface area contributed by atoms with Crippen molar-refractivity contribution in [1.82, 2.24) is 4.98 Å². The molecule has 0 unspecified atom stereocenters. The Morgan fingerprint density at radius 1 is 1.22 bits per heavy atom. The van der Waals surface area contributed by atoms with Gasteiger partial charge in [0.25, 0.3) is 5.56 Å². The molecule has 4 rings (SSSR count). The number of nitriles is 1. The van der Waals surface area contributed by atoms with Crippen LogP contribution in [0.2, 0.25) is 0 Å². The Morgan fingerprint density at radius 2 is 1.96 bits per heavy atom. The first-order valence-electron chi connectivity index (χ1n) is 8.60. The molecule has 3 aromatic rings. The van der Waals surface area contributed by atoms with E-state index in [0.29, 0.717) is 34.7 Å². The average Bonchev–Trinajstić information content (AvgIpc) is 2.68. The Bertz CT molecular complexity index is 1170. The molecule has 1 aromatic heterocycles. The van der Waals surface area contributed by atoms with Gasteiger partial charge in [0.2, 0.25) is 5.88 Å². The quantitative estimate of drug-likeness (QED) is 0.748. The number of benzene rings is 2. The summed E-state index contributed by atoms with van der Waals surface area (Å²) in [6, 6.07) is 16.8. The van der Waals surface area contributed by atoms with Gasteiger partial charge in [-0.1, -0.05) is 30.3 Å². The van der Waals surface area contributed by atoms with Crippen molar-refractivity contribution >= 4 is 10.9 Å². The van der Waals surface area contributed by atoms with E-state index in [1.807, 2.05) is 49.4 Å². The number of pyridine rings is 1. The molecule has 3 N–H and O–H groups in total. The molecule has 0 radical (unpaired) electrons. The number of hydrogen-bond acceptors (Lipinski definition) is 5. The second kappa shape index (κ2) is 6.54. The number of para-hydroxylation sites is 2. The molecule has 0 saturated carbocycles. The first-order valence-corrected chi connectivity index (χ1v) is 8.60. The van der Waals surface area contributed by atoms with Crippen LogP contribution >= 0.6 is 0 Å². The standard InChI is InChI=1S/C21H17N3O3/c1-2-26-16-10-6-4-8-13(16)17-14(11-22)20(23)27-19-12-7-3-5-9-15(12)24-21(25)18(17)19/h3-10,17H,2,23H2,1H3,(H,24,25)/t17-/m0/s1. The van der Waals surface area contributed by atoms with E-state index in [1.54, 1.807) is 6.07 Å². The highest BCUT2D eigenvalue weighted by Crippen LogP contribution is 2.45. The molecule has 6 heteroatoms. The molecule has 0 amide bonds. The Balaban J connectivity index is 2.07. The minimum Gasteiger partial charge on any atom is -0.494 e. The van der Waals surface area contributed by atoms with Crippen LogP contribution in [0.5, 0.6) is 11.5 Å². The van der Waals surface area contributed by atoms with Gasteiger partial charge in [-0.15, -0.1) is 0 Å². The van der Waals surface area contributed by atoms with Crippen molar-refractivity contribution in [1.29, 1.82) is 5.26 Å². The van der Waals surface area contributed by atoms with E-state index in [0.717, 1.165) is 5.39 Å². The summed E-state index contributed by atoms with van der Waals surface area (Å²) >= 11 is 0. The smallest absolute Gasteiger partial charge is 0.256 e. The molecule has 1 atom stereocenters. The first kappa shape index (κ1) is 16.7. The van der Waals surface area contributed by atoms with E-state index in [-0.39, 0.29) is 17.0 Å². The summed E-state index contributed by atoms with van der Waals surface area (Å²) in [5.74, 6) is 0.306. The maximum Gasteiger partial charge on any atom is 0.256 e. The van der Waals surface area contributed by atoms with Gasteiger partial charge < -0.3 is 20.2 Å². The highest BCUT2D eigenvalue weighted by Gasteiger charge is 2.35. The normalized spacial score (nSPS) is 15.8. The third-order valence-corrected chi connectivity index (χ3v) is 4.61. The lowest BCUT2D eigenvalue weighted by molar-refractivity contribution is 0.334. The molecule has 0 aliphatic carbocycles. The van der Waals surface area contributed by atoms with Crippen molar-refractivity contribution < 1.29 is 9.47 Å². The number of nitrogens with one attached hydrogen (secondary N) is 1. The molecule has 2 aromatic carbocycles. The minimum atomic E-state index is -0.671. The van der Waals surface area contributed by atoms with Gasteiger partial charge in [0, 0.05) is 10.9 Å². The molecule has 0 fully saturated rings. The van der Waals surface area contributed by atoms with E-state index in [4.69, 9.17) is 15.2 Å². The zero-order valence-electron chi connectivity index (χ0n) is 14.7. The summed E-state index contributed by atoms with van der Waals surface area (Å²) in [5, 5.41) is 10.5. The molecule has 6 nitrogen and oxygen atoms in total. The maximum atomic E-state index is 12.9. The van der Waals surface area contributed by atoms with Gasteiger partial charge in [-0.25, -0.2) is 0 Å². The number of nitrogens with zero attached hydrogens (tertiary/aromatic N) is 1. The molecule has 134 valence electrons. The summed E-state index contributed by atoms with van der Waals surface area (Å²) in [6.07, 6.45) is 0. The lowest BCUT2D eigenvalue weighted by atomic mass is 9.83. The topological polar surface area (TPSA) is 101 Å². The highest BCUT2D eigenvalue weighted by molar-refractivity contribution is 5.87. The summed E-state index contributed by atoms with van der Waals surface area (Å²) in [7, 11) is 0. The number of nitrogens with two attached hydrogens (primary N) is 1. The summed E-state index contributed by atoms with van der Waals surface area (Å²) in [6.45, 7) is 2.34. The number of aromatic amines is 1. The van der Waals surface area contributed by atoms with E-state index < -0.39 is 5.92 Å². The van der Waals surface area contributed by atoms with Crippen molar-refractivity contribution in [2.24, 2.45) is 5.73 Å². The molecule has 27 heavy (non-hydrogen) atoms. The van der Waals surface area contributed by atoms with Crippen molar-refractivity contribution in [3.05, 3.63) is 81.5 Å². The molecule has 0 bridgehead atoms. The molecule has 0 spiro atoms. The van der Waals surface area contributed by atoms with E-state index in [1.165, 1.54) is 0 Å². The number of hydrogen-bond donors (Lipinski definition) is 2. The van der Waals surface area contributed by atoms with Crippen LogP contribution in [0.25, 0.3) is 10.9 Å². The van der Waals surface area contributed by atoms with Crippen LogP contribution < -0.4 is 20.8 Å². The Morgan fingerprint density at radius 3 is 2.74 bits per heavy atom. The predicted molar refractivity (Wildman–Crippen MR) is 101 cm³/mol. The van der Waals surface area contributed by atoms with Gasteiger partial charge >= 0.3 is 0 Å². The number of H-pyrrole nitrogens is 1. The zero-order valence-corrected chi connectivity index (χ0v) is 14.7. The van der Waals surface area contributed by atoms with Crippen LogP contribution in [0.1, 0.15) is 24.0 Å². The molecule has 2 heterocycles. The van der Waals surface area contributed by atoms with Crippen LogP contribution in [0.4, 0.5) is 0 Å². The highest BCUT2D eigenvalue weighted by atomic mass is 16.5. The Hall–Kier alpha value is -3.72. The lowest BCUT2D eigenvalue weighted by Crippen LogP contribution is -2.28. The van der Waals surface area contributed by atoms with E-state index in [9.17, 15) is 10.1 Å². The van der Waals surface area contributed by atoms with E-state index in [2.05, 4.69) is 11.1 Å². The van der Waals surface area contributed by atoms with Crippen LogP contribution in [0.15, 0.2) is 64.8 Å². The largest absolute Gasteiger partial charge is 0.494 e. The molecule has 0 saturated heterocycles. The van der Waals surface area contributed by atoms with Crippen LogP contribution in [0.3, 0.4) is 0 Å². The van der Waals surface area contributed by atoms with Gasteiger partial charge in [-0.2, -0.15) is 5.26 Å². The number of fused-ring (bicyclic) bond motifs is 3. The predicted octanol–water partition coefficient (Wildman–Crippen LogP) is 3.14. The first-order chi connectivity index (χ1) is 13.2.